The Labute approximate surface area is 111 Å². The van der Waals surface area contributed by atoms with Crippen LogP contribution in [-0.2, 0) is 0 Å². The van der Waals surface area contributed by atoms with Gasteiger partial charge in [-0.1, -0.05) is 25.3 Å². The molecule has 1 aliphatic rings. The minimum Gasteiger partial charge on any atom is -0.350 e. The van der Waals surface area contributed by atoms with Crippen molar-refractivity contribution in [2.45, 2.75) is 37.6 Å². The largest absolute Gasteiger partial charge is 0.350 e. The van der Waals surface area contributed by atoms with Crippen LogP contribution in [0, 0.1) is 11.6 Å². The molecule has 104 valence electrons. The van der Waals surface area contributed by atoms with E-state index in [1.54, 1.807) is 0 Å². The van der Waals surface area contributed by atoms with Crippen molar-refractivity contribution in [3.63, 3.8) is 0 Å². The van der Waals surface area contributed by atoms with E-state index in [1.807, 2.05) is 0 Å². The minimum absolute atomic E-state index is 0.250. The quantitative estimate of drug-likeness (QED) is 0.884. The first-order chi connectivity index (χ1) is 9.02. The normalized spacial score (nSPS) is 18.1. The lowest BCUT2D eigenvalue weighted by molar-refractivity contribution is 0.0929. The Morgan fingerprint density at radius 3 is 2.37 bits per heavy atom. The van der Waals surface area contributed by atoms with E-state index >= 15 is 0 Å². The molecule has 2 rings (SSSR count). The molecule has 3 nitrogen and oxygen atoms in total. The molecule has 1 aromatic carbocycles. The lowest BCUT2D eigenvalue weighted by Crippen LogP contribution is -2.51. The highest BCUT2D eigenvalue weighted by Gasteiger charge is 2.28. The van der Waals surface area contributed by atoms with Crippen LogP contribution in [0.1, 0.15) is 42.5 Å². The summed E-state index contributed by atoms with van der Waals surface area (Å²) in [7, 11) is 0. The van der Waals surface area contributed by atoms with E-state index in [0.29, 0.717) is 0 Å². The summed E-state index contributed by atoms with van der Waals surface area (Å²) in [4.78, 5) is 11.8. The van der Waals surface area contributed by atoms with Gasteiger partial charge in [-0.05, 0) is 25.0 Å². The van der Waals surface area contributed by atoms with Gasteiger partial charge in [0.15, 0.2) is 0 Å². The average Bonchev–Trinajstić information content (AvgIpc) is 2.37. The molecule has 0 heterocycles. The molecule has 1 amide bonds. The van der Waals surface area contributed by atoms with Crippen LogP contribution in [0.4, 0.5) is 8.78 Å². The third kappa shape index (κ3) is 3.29. The molecule has 1 aliphatic carbocycles. The summed E-state index contributed by atoms with van der Waals surface area (Å²) in [5, 5.41) is 2.55. The smallest absolute Gasteiger partial charge is 0.257 e. The Morgan fingerprint density at radius 2 is 1.79 bits per heavy atom. The topological polar surface area (TPSA) is 55.1 Å². The summed E-state index contributed by atoms with van der Waals surface area (Å²) < 4.78 is 26.9. The van der Waals surface area contributed by atoms with E-state index in [4.69, 9.17) is 5.73 Å². The van der Waals surface area contributed by atoms with Crippen LogP contribution in [-0.4, -0.2) is 18.0 Å². The van der Waals surface area contributed by atoms with E-state index in [9.17, 15) is 13.6 Å². The molecule has 5 heteroatoms. The molecule has 1 aromatic rings. The van der Waals surface area contributed by atoms with Crippen LogP contribution < -0.4 is 11.1 Å². The molecule has 0 saturated heterocycles. The zero-order valence-corrected chi connectivity index (χ0v) is 10.7. The maximum Gasteiger partial charge on any atom is 0.257 e. The van der Waals surface area contributed by atoms with Crippen molar-refractivity contribution < 1.29 is 13.6 Å². The van der Waals surface area contributed by atoms with Crippen molar-refractivity contribution in [1.29, 1.82) is 0 Å². The van der Waals surface area contributed by atoms with Crippen LogP contribution in [0.5, 0.6) is 0 Å². The lowest BCUT2D eigenvalue weighted by Gasteiger charge is -2.33. The van der Waals surface area contributed by atoms with Crippen LogP contribution in [0.25, 0.3) is 0 Å². The molecule has 0 aromatic heterocycles. The van der Waals surface area contributed by atoms with Gasteiger partial charge in [-0.25, -0.2) is 8.78 Å². The van der Waals surface area contributed by atoms with Gasteiger partial charge < -0.3 is 11.1 Å². The summed E-state index contributed by atoms with van der Waals surface area (Å²) in [6, 6.07) is 3.36. The summed E-state index contributed by atoms with van der Waals surface area (Å²) >= 11 is 0. The van der Waals surface area contributed by atoms with Crippen molar-refractivity contribution >= 4 is 5.91 Å². The monoisotopic (exact) mass is 268 g/mol. The number of hydrogen-bond acceptors (Lipinski definition) is 2. The van der Waals surface area contributed by atoms with E-state index in [2.05, 4.69) is 5.32 Å². The Hall–Kier alpha value is -1.49. The third-order valence-electron chi connectivity index (χ3n) is 3.64. The highest BCUT2D eigenvalue weighted by molar-refractivity contribution is 5.94. The van der Waals surface area contributed by atoms with E-state index in [1.165, 1.54) is 6.07 Å². The molecular weight excluding hydrogens is 250 g/mol. The molecule has 0 unspecified atom stereocenters. The molecule has 3 N–H and O–H groups in total. The van der Waals surface area contributed by atoms with Crippen molar-refractivity contribution in [1.82, 2.24) is 5.32 Å². The predicted octanol–water partition coefficient (Wildman–Crippen LogP) is 2.36. The van der Waals surface area contributed by atoms with Gasteiger partial charge >= 0.3 is 0 Å². The van der Waals surface area contributed by atoms with Crippen molar-refractivity contribution in [3.05, 3.63) is 35.4 Å². The van der Waals surface area contributed by atoms with E-state index in [0.717, 1.165) is 44.2 Å². The SMILES string of the molecule is NC1(CNC(=O)c2c(F)cccc2F)CCCCC1. The average molecular weight is 268 g/mol. The number of nitrogens with one attached hydrogen (secondary N) is 1. The number of amides is 1. The van der Waals surface area contributed by atoms with Crippen LogP contribution in [0.15, 0.2) is 18.2 Å². The number of hydrogen-bond donors (Lipinski definition) is 2. The second-order valence-electron chi connectivity index (χ2n) is 5.20. The first-order valence-electron chi connectivity index (χ1n) is 6.53. The van der Waals surface area contributed by atoms with Crippen LogP contribution >= 0.6 is 0 Å². The van der Waals surface area contributed by atoms with Gasteiger partial charge in [-0.2, -0.15) is 0 Å². The Balaban J connectivity index is 2.01. The Kier molecular flexibility index (Phi) is 4.14. The van der Waals surface area contributed by atoms with Gasteiger partial charge in [-0.15, -0.1) is 0 Å². The summed E-state index contributed by atoms with van der Waals surface area (Å²) in [5.74, 6) is -2.45. The summed E-state index contributed by atoms with van der Waals surface area (Å²) in [5.41, 5.74) is 5.17. The summed E-state index contributed by atoms with van der Waals surface area (Å²) in [6.07, 6.45) is 4.86. The second kappa shape index (κ2) is 5.65. The van der Waals surface area contributed by atoms with Gasteiger partial charge in [0.2, 0.25) is 0 Å². The number of nitrogens with two attached hydrogens (primary N) is 1. The molecule has 1 saturated carbocycles. The molecule has 0 aliphatic heterocycles. The highest BCUT2D eigenvalue weighted by Crippen LogP contribution is 2.25. The summed E-state index contributed by atoms with van der Waals surface area (Å²) in [6.45, 7) is 0.250. The van der Waals surface area contributed by atoms with Gasteiger partial charge in [0, 0.05) is 12.1 Å². The molecule has 1 fully saturated rings. The maximum atomic E-state index is 13.4. The number of halogens is 2. The van der Waals surface area contributed by atoms with Crippen LogP contribution in [0.3, 0.4) is 0 Å². The standard InChI is InChI=1S/C14H18F2N2O/c15-10-5-4-6-11(16)12(10)13(19)18-9-14(17)7-2-1-3-8-14/h4-6H,1-3,7-9,17H2,(H,18,19). The number of rotatable bonds is 3. The fraction of sp³-hybridized carbons (Fsp3) is 0.500. The van der Waals surface area contributed by atoms with Gasteiger partial charge in [-0.3, -0.25) is 4.79 Å². The molecule has 0 atom stereocenters. The van der Waals surface area contributed by atoms with Gasteiger partial charge in [0.25, 0.3) is 5.91 Å². The first kappa shape index (κ1) is 13.9. The molecule has 19 heavy (non-hydrogen) atoms. The highest BCUT2D eigenvalue weighted by atomic mass is 19.1. The molecule has 0 radical (unpaired) electrons. The minimum atomic E-state index is -0.854. The first-order valence-corrected chi connectivity index (χ1v) is 6.53. The van der Waals surface area contributed by atoms with Gasteiger partial charge in [0.1, 0.15) is 17.2 Å². The lowest BCUT2D eigenvalue weighted by atomic mass is 9.82. The Morgan fingerprint density at radius 1 is 1.21 bits per heavy atom. The van der Waals surface area contributed by atoms with Gasteiger partial charge in [0.05, 0.1) is 0 Å². The van der Waals surface area contributed by atoms with E-state index < -0.39 is 28.6 Å². The number of carbonyl (C=O) groups is 1. The fourth-order valence-electron chi connectivity index (χ4n) is 2.49. The number of carbonyl (C=O) groups excluding carboxylic acids is 1. The van der Waals surface area contributed by atoms with E-state index in [-0.39, 0.29) is 6.54 Å². The molecular formula is C14H18F2N2O. The molecule has 0 bridgehead atoms. The zero-order chi connectivity index (χ0) is 13.9. The zero-order valence-electron chi connectivity index (χ0n) is 10.7. The fourth-order valence-corrected chi connectivity index (χ4v) is 2.49. The van der Waals surface area contributed by atoms with Crippen LogP contribution in [0.2, 0.25) is 0 Å². The van der Waals surface area contributed by atoms with Crippen molar-refractivity contribution in [2.75, 3.05) is 6.54 Å². The predicted molar refractivity (Wildman–Crippen MR) is 68.7 cm³/mol. The molecule has 0 spiro atoms. The number of benzene rings is 1. The maximum absolute atomic E-state index is 13.4. The third-order valence-corrected chi connectivity index (χ3v) is 3.64. The van der Waals surface area contributed by atoms with Crippen molar-refractivity contribution in [2.24, 2.45) is 5.73 Å². The van der Waals surface area contributed by atoms with Crippen molar-refractivity contribution in [3.8, 4) is 0 Å². The second-order valence-corrected chi connectivity index (χ2v) is 5.20. The Bertz CT molecular complexity index is 450.